The van der Waals surface area contributed by atoms with Crippen LogP contribution in [0.15, 0.2) is 63.4 Å². The Labute approximate surface area is 186 Å². The number of carbonyl (C=O) groups is 1. The number of aromatic nitrogens is 1. The zero-order valence-electron chi connectivity index (χ0n) is 16.1. The van der Waals surface area contributed by atoms with Crippen molar-refractivity contribution in [2.45, 2.75) is 17.9 Å². The Morgan fingerprint density at radius 1 is 1.14 bits per heavy atom. The van der Waals surface area contributed by atoms with Crippen LogP contribution >= 0.6 is 47.1 Å². The molecule has 1 aliphatic rings. The molecule has 0 saturated carbocycles. The number of aryl methyl sites for hydroxylation is 1. The van der Waals surface area contributed by atoms with E-state index in [1.54, 1.807) is 35.7 Å². The summed E-state index contributed by atoms with van der Waals surface area (Å²) in [5.74, 6) is -0.555. The number of rotatable bonds is 4. The first-order valence-corrected chi connectivity index (χ1v) is 12.2. The van der Waals surface area contributed by atoms with Gasteiger partial charge in [0.15, 0.2) is 9.74 Å². The van der Waals surface area contributed by atoms with E-state index in [1.807, 2.05) is 49.1 Å². The van der Waals surface area contributed by atoms with Crippen LogP contribution in [-0.2, 0) is 7.05 Å². The molecule has 29 heavy (non-hydrogen) atoms. The predicted octanol–water partition coefficient (Wildman–Crippen LogP) is 6.96. The van der Waals surface area contributed by atoms with Crippen LogP contribution in [-0.4, -0.2) is 16.6 Å². The van der Waals surface area contributed by atoms with E-state index < -0.39 is 0 Å². The molecule has 0 saturated heterocycles. The Kier molecular flexibility index (Phi) is 5.84. The summed E-state index contributed by atoms with van der Waals surface area (Å²) in [5.41, 5.74) is 3.40. The van der Waals surface area contributed by atoms with Gasteiger partial charge in [-0.2, -0.15) is 0 Å². The van der Waals surface area contributed by atoms with Crippen molar-refractivity contribution in [3.05, 3.63) is 89.7 Å². The molecule has 2 heterocycles. The number of thiazole rings is 1. The second kappa shape index (κ2) is 8.22. The van der Waals surface area contributed by atoms with Crippen LogP contribution in [0.2, 0.25) is 0 Å². The van der Waals surface area contributed by atoms with Gasteiger partial charge in [0.25, 0.3) is 0 Å². The lowest BCUT2D eigenvalue weighted by Crippen LogP contribution is -2.18. The monoisotopic (exact) mass is 459 g/mol. The number of benzene rings is 2. The average molecular weight is 460 g/mol. The highest BCUT2D eigenvalue weighted by Crippen LogP contribution is 2.53. The first kappa shape index (κ1) is 20.6. The van der Waals surface area contributed by atoms with Crippen molar-refractivity contribution in [1.82, 2.24) is 4.57 Å². The van der Waals surface area contributed by atoms with Gasteiger partial charge in [-0.15, -0.1) is 23.1 Å². The second-order valence-corrected chi connectivity index (χ2v) is 10.5. The molecule has 4 rings (SSSR count). The summed E-state index contributed by atoms with van der Waals surface area (Å²) in [6.07, 6.45) is 1.98. The third kappa shape index (κ3) is 3.77. The minimum absolute atomic E-state index is 0.00352. The molecule has 1 aliphatic heterocycles. The molecule has 0 radical (unpaired) electrons. The Morgan fingerprint density at radius 3 is 2.41 bits per heavy atom. The number of thioether (sulfide) groups is 2. The quantitative estimate of drug-likeness (QED) is 0.311. The van der Waals surface area contributed by atoms with Gasteiger partial charge in [0.1, 0.15) is 5.82 Å². The Morgan fingerprint density at radius 2 is 1.79 bits per heavy atom. The van der Waals surface area contributed by atoms with Crippen molar-refractivity contribution in [2.75, 3.05) is 6.26 Å². The normalized spacial score (nSPS) is 16.1. The van der Waals surface area contributed by atoms with E-state index in [9.17, 15) is 9.18 Å². The Balaban J connectivity index is 1.94. The van der Waals surface area contributed by atoms with Crippen LogP contribution in [0, 0.1) is 16.7 Å². The molecule has 2 nitrogen and oxygen atoms in total. The van der Waals surface area contributed by atoms with Gasteiger partial charge < -0.3 is 4.57 Å². The van der Waals surface area contributed by atoms with E-state index in [-0.39, 0.29) is 17.5 Å². The van der Waals surface area contributed by atoms with Gasteiger partial charge in [-0.1, -0.05) is 53.7 Å². The molecule has 148 valence electrons. The van der Waals surface area contributed by atoms with Crippen LogP contribution in [0.5, 0.6) is 0 Å². The molecule has 0 amide bonds. The number of ketones is 1. The van der Waals surface area contributed by atoms with Crippen molar-refractivity contribution in [1.29, 1.82) is 0 Å². The fourth-order valence-electron chi connectivity index (χ4n) is 3.36. The van der Waals surface area contributed by atoms with Gasteiger partial charge in [0, 0.05) is 18.2 Å². The maximum absolute atomic E-state index is 13.6. The van der Waals surface area contributed by atoms with E-state index in [0.717, 1.165) is 34.8 Å². The number of allylic oxidation sites excluding steroid dienone is 1. The number of halogens is 1. The van der Waals surface area contributed by atoms with Crippen LogP contribution < -0.4 is 0 Å². The van der Waals surface area contributed by atoms with Crippen molar-refractivity contribution < 1.29 is 9.18 Å². The SMILES string of the molecule is CSC1=C(C(=O)c2ccc(C)cc2)C(c2ccc(F)cc2)c2sc(=S)n(C)c2S1. The molecule has 0 N–H and O–H groups in total. The molecule has 7 heteroatoms. The van der Waals surface area contributed by atoms with E-state index in [1.165, 1.54) is 23.5 Å². The third-order valence-electron chi connectivity index (χ3n) is 4.89. The average Bonchev–Trinajstić information content (AvgIpc) is 3.01. The number of carbonyl (C=O) groups excluding carboxylic acids is 1. The summed E-state index contributed by atoms with van der Waals surface area (Å²) in [6.45, 7) is 2.00. The van der Waals surface area contributed by atoms with Gasteiger partial charge >= 0.3 is 0 Å². The zero-order valence-corrected chi connectivity index (χ0v) is 19.3. The minimum atomic E-state index is -0.291. The molecule has 1 aromatic heterocycles. The second-order valence-electron chi connectivity index (χ2n) is 6.78. The molecule has 0 spiro atoms. The van der Waals surface area contributed by atoms with Gasteiger partial charge in [0.05, 0.1) is 20.1 Å². The molecule has 1 unspecified atom stereocenters. The molecule has 1 atom stereocenters. The van der Waals surface area contributed by atoms with Crippen molar-refractivity contribution in [3.8, 4) is 0 Å². The van der Waals surface area contributed by atoms with E-state index >= 15 is 0 Å². The highest BCUT2D eigenvalue weighted by atomic mass is 32.2. The van der Waals surface area contributed by atoms with Crippen LogP contribution in [0.25, 0.3) is 0 Å². The number of Topliss-reactive ketones (excluding diaryl/α,β-unsaturated/α-hetero) is 1. The fourth-order valence-corrected chi connectivity index (χ4v) is 7.04. The maximum atomic E-state index is 13.6. The van der Waals surface area contributed by atoms with Crippen LogP contribution in [0.4, 0.5) is 4.39 Å². The summed E-state index contributed by atoms with van der Waals surface area (Å²) < 4.78 is 17.3. The molecule has 2 aromatic carbocycles. The van der Waals surface area contributed by atoms with Gasteiger partial charge in [0.2, 0.25) is 0 Å². The van der Waals surface area contributed by atoms with Crippen LogP contribution in [0.3, 0.4) is 0 Å². The van der Waals surface area contributed by atoms with Gasteiger partial charge in [-0.05, 0) is 43.1 Å². The smallest absolute Gasteiger partial charge is 0.191 e. The Bertz CT molecular complexity index is 1170. The molecular weight excluding hydrogens is 442 g/mol. The number of hydrogen-bond donors (Lipinski definition) is 0. The first-order valence-electron chi connectivity index (χ1n) is 8.93. The highest BCUT2D eigenvalue weighted by Gasteiger charge is 2.36. The molecule has 0 fully saturated rings. The maximum Gasteiger partial charge on any atom is 0.191 e. The van der Waals surface area contributed by atoms with Gasteiger partial charge in [-0.25, -0.2) is 4.39 Å². The molecule has 3 aromatic rings. The van der Waals surface area contributed by atoms with E-state index in [4.69, 9.17) is 12.2 Å². The van der Waals surface area contributed by atoms with E-state index in [2.05, 4.69) is 0 Å². The summed E-state index contributed by atoms with van der Waals surface area (Å²) >= 11 is 10.2. The van der Waals surface area contributed by atoms with E-state index in [0.29, 0.717) is 5.56 Å². The highest BCUT2D eigenvalue weighted by molar-refractivity contribution is 8.22. The lowest BCUT2D eigenvalue weighted by atomic mass is 9.86. The number of fused-ring (bicyclic) bond motifs is 1. The largest absolute Gasteiger partial charge is 0.321 e. The number of nitrogens with zero attached hydrogens (tertiary/aromatic N) is 1. The molecule has 0 bridgehead atoms. The van der Waals surface area contributed by atoms with Crippen LogP contribution in [0.1, 0.15) is 32.3 Å². The molecular formula is C22H18FNOS4. The first-order chi connectivity index (χ1) is 13.9. The van der Waals surface area contributed by atoms with Crippen molar-refractivity contribution in [2.24, 2.45) is 7.05 Å². The summed E-state index contributed by atoms with van der Waals surface area (Å²) in [4.78, 5) is 14.7. The van der Waals surface area contributed by atoms with Crippen molar-refractivity contribution >= 4 is 52.9 Å². The topological polar surface area (TPSA) is 22.0 Å². The summed E-state index contributed by atoms with van der Waals surface area (Å²) in [5, 5.41) is 1.05. The Hall–Kier alpha value is -1.67. The summed E-state index contributed by atoms with van der Waals surface area (Å²) in [7, 11) is 1.96. The standard InChI is InChI=1S/C22H18FNOS4/c1-12-4-6-14(7-5-12)18(25)17-16(13-8-10-15(23)11-9-13)19-20(29-21(17)27-3)24(2)22(26)28-19/h4-11,16H,1-3H3. The lowest BCUT2D eigenvalue weighted by molar-refractivity contribution is 0.102. The number of hydrogen-bond acceptors (Lipinski definition) is 5. The van der Waals surface area contributed by atoms with Crippen molar-refractivity contribution in [3.63, 3.8) is 0 Å². The molecule has 0 aliphatic carbocycles. The fraction of sp³-hybridized carbons (Fsp3) is 0.182. The minimum Gasteiger partial charge on any atom is -0.321 e. The zero-order chi connectivity index (χ0) is 20.7. The lowest BCUT2D eigenvalue weighted by Gasteiger charge is -2.27. The third-order valence-corrected chi connectivity index (χ3v) is 9.08. The van der Waals surface area contributed by atoms with Gasteiger partial charge in [-0.3, -0.25) is 4.79 Å². The summed E-state index contributed by atoms with van der Waals surface area (Å²) in [6, 6.07) is 14.1. The predicted molar refractivity (Wildman–Crippen MR) is 124 cm³/mol.